The van der Waals surface area contributed by atoms with Crippen LogP contribution in [0.2, 0.25) is 19.1 Å². The van der Waals surface area contributed by atoms with Crippen LogP contribution in [0.3, 0.4) is 0 Å². The standard InChI is InChI=1S/C19H25OSi/c1-21(2)16-8-4-7-15-20-19-13-11-18(12-14-19)17-9-5-3-6-10-17/h3,5-6,9-14H,4,7-8,15-16H2,1-2H3. The van der Waals surface area contributed by atoms with E-state index in [0.717, 1.165) is 18.8 Å². The zero-order valence-electron chi connectivity index (χ0n) is 13.1. The number of ether oxygens (including phenoxy) is 1. The van der Waals surface area contributed by atoms with Gasteiger partial charge in [-0.3, -0.25) is 0 Å². The van der Waals surface area contributed by atoms with Crippen LogP contribution in [0.4, 0.5) is 0 Å². The lowest BCUT2D eigenvalue weighted by Gasteiger charge is -2.08. The molecule has 0 aliphatic carbocycles. The maximum absolute atomic E-state index is 5.81. The van der Waals surface area contributed by atoms with Crippen LogP contribution in [0.25, 0.3) is 11.1 Å². The van der Waals surface area contributed by atoms with Crippen LogP contribution in [-0.4, -0.2) is 15.4 Å². The Kier molecular flexibility index (Phi) is 6.55. The van der Waals surface area contributed by atoms with Crippen LogP contribution in [0.1, 0.15) is 19.3 Å². The summed E-state index contributed by atoms with van der Waals surface area (Å²) in [7, 11) is -0.0450. The fourth-order valence-corrected chi connectivity index (χ4v) is 3.28. The molecule has 0 fully saturated rings. The van der Waals surface area contributed by atoms with E-state index in [0.29, 0.717) is 0 Å². The Hall–Kier alpha value is -1.54. The number of rotatable bonds is 8. The van der Waals surface area contributed by atoms with Gasteiger partial charge in [-0.15, -0.1) is 0 Å². The molecule has 0 saturated heterocycles. The first-order chi connectivity index (χ1) is 10.3. The van der Waals surface area contributed by atoms with E-state index >= 15 is 0 Å². The van der Waals surface area contributed by atoms with E-state index in [1.54, 1.807) is 0 Å². The number of hydrogen-bond acceptors (Lipinski definition) is 1. The maximum Gasteiger partial charge on any atom is 0.119 e. The second kappa shape index (κ2) is 8.68. The van der Waals surface area contributed by atoms with E-state index in [9.17, 15) is 0 Å². The Morgan fingerprint density at radius 1 is 0.762 bits per heavy atom. The first-order valence-corrected chi connectivity index (χ1v) is 10.5. The predicted octanol–water partition coefficient (Wildman–Crippen LogP) is 5.66. The molecule has 0 bridgehead atoms. The zero-order valence-corrected chi connectivity index (χ0v) is 14.1. The Morgan fingerprint density at radius 3 is 2.10 bits per heavy atom. The molecule has 1 nitrogen and oxygen atoms in total. The van der Waals surface area contributed by atoms with E-state index < -0.39 is 0 Å². The van der Waals surface area contributed by atoms with Gasteiger partial charge in [-0.1, -0.05) is 74.4 Å². The van der Waals surface area contributed by atoms with Gasteiger partial charge < -0.3 is 4.74 Å². The third kappa shape index (κ3) is 5.76. The summed E-state index contributed by atoms with van der Waals surface area (Å²) in [6.07, 6.45) is 3.81. The van der Waals surface area contributed by atoms with Crippen molar-refractivity contribution in [3.63, 3.8) is 0 Å². The van der Waals surface area contributed by atoms with Crippen LogP contribution >= 0.6 is 0 Å². The Labute approximate surface area is 130 Å². The van der Waals surface area contributed by atoms with Gasteiger partial charge in [0.1, 0.15) is 5.75 Å². The molecule has 2 heteroatoms. The third-order valence-corrected chi connectivity index (χ3v) is 4.90. The summed E-state index contributed by atoms with van der Waals surface area (Å²) in [5, 5.41) is 0. The van der Waals surface area contributed by atoms with Crippen molar-refractivity contribution in [1.29, 1.82) is 0 Å². The first kappa shape index (κ1) is 15.8. The topological polar surface area (TPSA) is 9.23 Å². The molecule has 0 aromatic heterocycles. The summed E-state index contributed by atoms with van der Waals surface area (Å²) in [5.74, 6) is 0.977. The highest BCUT2D eigenvalue weighted by molar-refractivity contribution is 6.55. The molecule has 111 valence electrons. The maximum atomic E-state index is 5.81. The highest BCUT2D eigenvalue weighted by atomic mass is 28.3. The molecule has 0 spiro atoms. The molecule has 2 aromatic rings. The second-order valence-electron chi connectivity index (χ2n) is 5.76. The van der Waals surface area contributed by atoms with Gasteiger partial charge in [-0.25, -0.2) is 0 Å². The fraction of sp³-hybridized carbons (Fsp3) is 0.368. The predicted molar refractivity (Wildman–Crippen MR) is 93.5 cm³/mol. The molecule has 2 rings (SSSR count). The van der Waals surface area contributed by atoms with E-state index in [4.69, 9.17) is 4.74 Å². The lowest BCUT2D eigenvalue weighted by Crippen LogP contribution is -2.00. The molecule has 0 heterocycles. The summed E-state index contributed by atoms with van der Waals surface area (Å²) in [6.45, 7) is 5.60. The fourth-order valence-electron chi connectivity index (χ4n) is 2.32. The summed E-state index contributed by atoms with van der Waals surface area (Å²) in [6, 6.07) is 20.3. The second-order valence-corrected chi connectivity index (χ2v) is 8.67. The lowest BCUT2D eigenvalue weighted by molar-refractivity contribution is 0.306. The van der Waals surface area contributed by atoms with Crippen molar-refractivity contribution < 1.29 is 4.74 Å². The first-order valence-electron chi connectivity index (χ1n) is 7.83. The quantitative estimate of drug-likeness (QED) is 0.451. The Balaban J connectivity index is 1.73. The number of unbranched alkanes of at least 4 members (excludes halogenated alkanes) is 2. The molecule has 2 aromatic carbocycles. The molecule has 0 amide bonds. The van der Waals surface area contributed by atoms with Crippen molar-refractivity contribution in [1.82, 2.24) is 0 Å². The van der Waals surface area contributed by atoms with E-state index in [1.807, 2.05) is 6.07 Å². The van der Waals surface area contributed by atoms with Gasteiger partial charge in [-0.05, 0) is 29.7 Å². The van der Waals surface area contributed by atoms with Gasteiger partial charge in [0.2, 0.25) is 0 Å². The molecule has 21 heavy (non-hydrogen) atoms. The average Bonchev–Trinajstić information content (AvgIpc) is 2.52. The molecule has 0 N–H and O–H groups in total. The molecular formula is C19H25OSi. The summed E-state index contributed by atoms with van der Waals surface area (Å²) in [5.41, 5.74) is 2.49. The smallest absolute Gasteiger partial charge is 0.119 e. The highest BCUT2D eigenvalue weighted by Gasteiger charge is 1.99. The van der Waals surface area contributed by atoms with Crippen LogP contribution in [-0.2, 0) is 0 Å². The number of benzene rings is 2. The molecule has 0 unspecified atom stereocenters. The summed E-state index contributed by atoms with van der Waals surface area (Å²) >= 11 is 0. The monoisotopic (exact) mass is 297 g/mol. The van der Waals surface area contributed by atoms with E-state index in [1.165, 1.54) is 30.0 Å². The molecular weight excluding hydrogens is 272 g/mol. The van der Waals surface area contributed by atoms with Gasteiger partial charge in [0.25, 0.3) is 0 Å². The third-order valence-electron chi connectivity index (χ3n) is 3.55. The minimum atomic E-state index is -0.0450. The minimum Gasteiger partial charge on any atom is -0.494 e. The van der Waals surface area contributed by atoms with Crippen molar-refractivity contribution in [2.24, 2.45) is 0 Å². The number of hydrogen-bond donors (Lipinski definition) is 0. The van der Waals surface area contributed by atoms with Crippen LogP contribution in [0, 0.1) is 0 Å². The summed E-state index contributed by atoms with van der Waals surface area (Å²) in [4.78, 5) is 0. The van der Waals surface area contributed by atoms with Crippen LogP contribution < -0.4 is 4.74 Å². The van der Waals surface area contributed by atoms with Crippen molar-refractivity contribution in [2.75, 3.05) is 6.61 Å². The van der Waals surface area contributed by atoms with E-state index in [2.05, 4.69) is 61.6 Å². The molecule has 0 aliphatic rings. The molecule has 0 aliphatic heterocycles. The van der Waals surface area contributed by atoms with Crippen molar-refractivity contribution in [2.45, 2.75) is 38.4 Å². The van der Waals surface area contributed by atoms with Gasteiger partial charge >= 0.3 is 0 Å². The van der Waals surface area contributed by atoms with Crippen molar-refractivity contribution >= 4 is 8.80 Å². The van der Waals surface area contributed by atoms with Gasteiger partial charge in [0, 0.05) is 8.80 Å². The van der Waals surface area contributed by atoms with Crippen molar-refractivity contribution in [3.05, 3.63) is 54.6 Å². The lowest BCUT2D eigenvalue weighted by atomic mass is 10.1. The zero-order chi connectivity index (χ0) is 14.9. The van der Waals surface area contributed by atoms with Gasteiger partial charge in [0.15, 0.2) is 0 Å². The van der Waals surface area contributed by atoms with Crippen LogP contribution in [0.15, 0.2) is 54.6 Å². The average molecular weight is 297 g/mol. The minimum absolute atomic E-state index is 0.0450. The van der Waals surface area contributed by atoms with Gasteiger partial charge in [-0.2, -0.15) is 0 Å². The molecule has 0 saturated carbocycles. The largest absolute Gasteiger partial charge is 0.494 e. The van der Waals surface area contributed by atoms with Crippen LogP contribution in [0.5, 0.6) is 5.75 Å². The Bertz CT molecular complexity index is 505. The normalized spacial score (nSPS) is 10.8. The molecule has 0 atom stereocenters. The highest BCUT2D eigenvalue weighted by Crippen LogP contribution is 2.22. The van der Waals surface area contributed by atoms with E-state index in [-0.39, 0.29) is 8.80 Å². The van der Waals surface area contributed by atoms with Gasteiger partial charge in [0.05, 0.1) is 6.61 Å². The summed E-state index contributed by atoms with van der Waals surface area (Å²) < 4.78 is 5.81. The Morgan fingerprint density at radius 2 is 1.43 bits per heavy atom. The van der Waals surface area contributed by atoms with Crippen molar-refractivity contribution in [3.8, 4) is 16.9 Å². The molecule has 1 radical (unpaired) electrons. The SMILES string of the molecule is C[Si](C)CCCCCOc1ccc(-c2ccccc2)cc1.